The predicted molar refractivity (Wildman–Crippen MR) is 92.2 cm³/mol. The van der Waals surface area contributed by atoms with Gasteiger partial charge in [-0.1, -0.05) is 0 Å². The van der Waals surface area contributed by atoms with Crippen molar-refractivity contribution in [1.82, 2.24) is 9.97 Å². The van der Waals surface area contributed by atoms with Gasteiger partial charge in [0, 0.05) is 30.2 Å². The molecule has 3 aromatic rings. The highest BCUT2D eigenvalue weighted by Crippen LogP contribution is 2.34. The first-order valence-corrected chi connectivity index (χ1v) is 7.83. The van der Waals surface area contributed by atoms with Crippen LogP contribution in [-0.4, -0.2) is 22.7 Å². The normalized spacial score (nSPS) is 11.9. The third kappa shape index (κ3) is 3.61. The second-order valence-electron chi connectivity index (χ2n) is 5.57. The van der Waals surface area contributed by atoms with Crippen molar-refractivity contribution >= 4 is 23.2 Å². The van der Waals surface area contributed by atoms with E-state index < -0.39 is 17.5 Å². The topological polar surface area (TPSA) is 85.4 Å². The number of fused-ring (bicyclic) bond motifs is 1. The Morgan fingerprint density at radius 1 is 1.00 bits per heavy atom. The first-order valence-electron chi connectivity index (χ1n) is 7.83. The summed E-state index contributed by atoms with van der Waals surface area (Å²) >= 11 is 0. The van der Waals surface area contributed by atoms with Crippen LogP contribution in [-0.2, 0) is 0 Å². The van der Waals surface area contributed by atoms with E-state index in [0.717, 1.165) is 12.1 Å². The van der Waals surface area contributed by atoms with E-state index in [2.05, 4.69) is 20.6 Å². The van der Waals surface area contributed by atoms with Crippen molar-refractivity contribution in [3.05, 3.63) is 66.0 Å². The molecule has 0 bridgehead atoms. The average Bonchev–Trinajstić information content (AvgIpc) is 3.12. The number of carbonyl (C=O) groups excluding carboxylic acids is 1. The molecule has 2 aromatic carbocycles. The Labute approximate surface area is 152 Å². The molecular weight excluding hydrogens is 358 g/mol. The van der Waals surface area contributed by atoms with Crippen LogP contribution in [0.15, 0.2) is 48.8 Å². The monoisotopic (exact) mass is 370 g/mol. The molecule has 1 aliphatic rings. The number of amides is 1. The van der Waals surface area contributed by atoms with Gasteiger partial charge >= 0.3 is 0 Å². The predicted octanol–water partition coefficient (Wildman–Crippen LogP) is 3.48. The lowest BCUT2D eigenvalue weighted by molar-refractivity contribution is 0.102. The van der Waals surface area contributed by atoms with Crippen LogP contribution in [0, 0.1) is 11.6 Å². The molecule has 0 radical (unpaired) electrons. The highest BCUT2D eigenvalue weighted by Gasteiger charge is 2.15. The zero-order chi connectivity index (χ0) is 18.8. The van der Waals surface area contributed by atoms with Gasteiger partial charge in [0.25, 0.3) is 5.91 Å². The van der Waals surface area contributed by atoms with Gasteiger partial charge in [0.2, 0.25) is 12.7 Å². The molecule has 27 heavy (non-hydrogen) atoms. The lowest BCUT2D eigenvalue weighted by Gasteiger charge is -2.08. The molecule has 4 rings (SSSR count). The summed E-state index contributed by atoms with van der Waals surface area (Å²) in [4.78, 5) is 20.2. The van der Waals surface area contributed by atoms with Crippen LogP contribution in [0.4, 0.5) is 26.1 Å². The van der Waals surface area contributed by atoms with Crippen LogP contribution in [0.1, 0.15) is 10.4 Å². The lowest BCUT2D eigenvalue weighted by atomic mass is 10.2. The minimum Gasteiger partial charge on any atom is -0.454 e. The molecule has 0 atom stereocenters. The van der Waals surface area contributed by atoms with Gasteiger partial charge in [0.1, 0.15) is 11.6 Å². The number of hydrogen-bond donors (Lipinski definition) is 2. The van der Waals surface area contributed by atoms with Crippen LogP contribution in [0.3, 0.4) is 0 Å². The summed E-state index contributed by atoms with van der Waals surface area (Å²) in [5, 5.41) is 5.31. The van der Waals surface area contributed by atoms with Gasteiger partial charge in [0.05, 0.1) is 11.3 Å². The summed E-state index contributed by atoms with van der Waals surface area (Å²) in [6, 6.07) is 8.11. The van der Waals surface area contributed by atoms with Crippen molar-refractivity contribution in [2.24, 2.45) is 0 Å². The summed E-state index contributed by atoms with van der Waals surface area (Å²) in [6.07, 6.45) is 2.58. The molecule has 2 heterocycles. The van der Waals surface area contributed by atoms with E-state index in [-0.39, 0.29) is 24.0 Å². The summed E-state index contributed by atoms with van der Waals surface area (Å²) in [5.74, 6) is -0.657. The van der Waals surface area contributed by atoms with Gasteiger partial charge in [0.15, 0.2) is 11.5 Å². The van der Waals surface area contributed by atoms with Crippen LogP contribution < -0.4 is 20.1 Å². The smallest absolute Gasteiger partial charge is 0.258 e. The van der Waals surface area contributed by atoms with Gasteiger partial charge in [-0.3, -0.25) is 4.79 Å². The fourth-order valence-electron chi connectivity index (χ4n) is 2.40. The fraction of sp³-hybridized carbons (Fsp3) is 0.0556. The van der Waals surface area contributed by atoms with Crippen molar-refractivity contribution in [3.8, 4) is 11.5 Å². The van der Waals surface area contributed by atoms with Gasteiger partial charge in [-0.05, 0) is 24.3 Å². The van der Waals surface area contributed by atoms with Crippen molar-refractivity contribution in [2.75, 3.05) is 17.4 Å². The van der Waals surface area contributed by atoms with Gasteiger partial charge < -0.3 is 20.1 Å². The Bertz CT molecular complexity index is 1010. The third-order valence-corrected chi connectivity index (χ3v) is 3.72. The average molecular weight is 370 g/mol. The van der Waals surface area contributed by atoms with E-state index >= 15 is 0 Å². The molecule has 7 nitrogen and oxygen atoms in total. The SMILES string of the molecule is O=C(Nc1ccc2c(c1)OCO2)c1cnc(Nc2ccc(F)cc2F)nc1. The quantitative estimate of drug-likeness (QED) is 0.731. The van der Waals surface area contributed by atoms with E-state index in [0.29, 0.717) is 17.2 Å². The highest BCUT2D eigenvalue weighted by atomic mass is 19.1. The summed E-state index contributed by atoms with van der Waals surface area (Å²) in [7, 11) is 0. The molecule has 9 heteroatoms. The number of rotatable bonds is 4. The molecule has 1 amide bonds. The van der Waals surface area contributed by atoms with E-state index in [1.165, 1.54) is 18.5 Å². The van der Waals surface area contributed by atoms with Crippen LogP contribution in [0.2, 0.25) is 0 Å². The number of nitrogens with one attached hydrogen (secondary N) is 2. The van der Waals surface area contributed by atoms with Crippen molar-refractivity contribution in [3.63, 3.8) is 0 Å². The zero-order valence-corrected chi connectivity index (χ0v) is 13.7. The van der Waals surface area contributed by atoms with Gasteiger partial charge in [-0.2, -0.15) is 0 Å². The van der Waals surface area contributed by atoms with Crippen LogP contribution in [0.5, 0.6) is 11.5 Å². The van der Waals surface area contributed by atoms with Gasteiger partial charge in [-0.15, -0.1) is 0 Å². The minimum atomic E-state index is -0.775. The van der Waals surface area contributed by atoms with Gasteiger partial charge in [-0.25, -0.2) is 18.7 Å². The Kier molecular flexibility index (Phi) is 4.25. The standard InChI is InChI=1S/C18H12F2N4O3/c19-11-1-3-14(13(20)5-11)24-18-21-7-10(8-22-18)17(25)23-12-2-4-15-16(6-12)27-9-26-15/h1-8H,9H2,(H,23,25)(H,21,22,24). The number of hydrogen-bond acceptors (Lipinski definition) is 6. The molecule has 0 spiro atoms. The van der Waals surface area contributed by atoms with Crippen molar-refractivity contribution in [1.29, 1.82) is 0 Å². The molecule has 0 fully saturated rings. The molecule has 0 saturated heterocycles. The molecule has 1 aliphatic heterocycles. The maximum Gasteiger partial charge on any atom is 0.258 e. The number of halogens is 2. The third-order valence-electron chi connectivity index (χ3n) is 3.72. The van der Waals surface area contributed by atoms with E-state index in [1.54, 1.807) is 18.2 Å². The fourth-order valence-corrected chi connectivity index (χ4v) is 2.40. The van der Waals surface area contributed by atoms with Crippen molar-refractivity contribution in [2.45, 2.75) is 0 Å². The molecule has 2 N–H and O–H groups in total. The zero-order valence-electron chi connectivity index (χ0n) is 13.7. The molecule has 0 saturated carbocycles. The lowest BCUT2D eigenvalue weighted by Crippen LogP contribution is -2.13. The number of anilines is 3. The molecule has 0 aliphatic carbocycles. The molecule has 136 valence electrons. The molecule has 0 unspecified atom stereocenters. The van der Waals surface area contributed by atoms with E-state index in [4.69, 9.17) is 9.47 Å². The van der Waals surface area contributed by atoms with E-state index in [9.17, 15) is 13.6 Å². The first-order chi connectivity index (χ1) is 13.1. The summed E-state index contributed by atoms with van der Waals surface area (Å²) in [5.41, 5.74) is 0.756. The number of aromatic nitrogens is 2. The largest absolute Gasteiger partial charge is 0.454 e. The Balaban J connectivity index is 1.44. The minimum absolute atomic E-state index is 0.0222. The summed E-state index contributed by atoms with van der Waals surface area (Å²) in [6.45, 7) is 0.143. The maximum atomic E-state index is 13.6. The number of benzene rings is 2. The van der Waals surface area contributed by atoms with E-state index in [1.807, 2.05) is 0 Å². The highest BCUT2D eigenvalue weighted by molar-refractivity contribution is 6.04. The molecule has 1 aromatic heterocycles. The second-order valence-corrected chi connectivity index (χ2v) is 5.57. The molecular formula is C18H12F2N4O3. The number of nitrogens with zero attached hydrogens (tertiary/aromatic N) is 2. The number of carbonyl (C=O) groups is 1. The Morgan fingerprint density at radius 3 is 2.56 bits per heavy atom. The number of ether oxygens (including phenoxy) is 2. The first kappa shape index (κ1) is 16.7. The van der Waals surface area contributed by atoms with Crippen LogP contribution in [0.25, 0.3) is 0 Å². The Morgan fingerprint density at radius 2 is 1.78 bits per heavy atom. The Hall–Kier alpha value is -3.75. The second kappa shape index (κ2) is 6.87. The maximum absolute atomic E-state index is 13.6. The summed E-state index contributed by atoms with van der Waals surface area (Å²) < 4.78 is 37.0. The van der Waals surface area contributed by atoms with Crippen molar-refractivity contribution < 1.29 is 23.0 Å². The van der Waals surface area contributed by atoms with Crippen LogP contribution >= 0.6 is 0 Å².